The van der Waals surface area contributed by atoms with E-state index in [9.17, 15) is 19.7 Å². The van der Waals surface area contributed by atoms with Gasteiger partial charge in [-0.1, -0.05) is 24.3 Å². The molecule has 0 radical (unpaired) electrons. The third kappa shape index (κ3) is 2.09. The van der Waals surface area contributed by atoms with E-state index in [1.54, 1.807) is 29.2 Å². The van der Waals surface area contributed by atoms with Crippen molar-refractivity contribution in [1.29, 1.82) is 0 Å². The number of rotatable bonds is 4. The Morgan fingerprint density at radius 3 is 2.64 bits per heavy atom. The van der Waals surface area contributed by atoms with E-state index in [4.69, 9.17) is 0 Å². The van der Waals surface area contributed by atoms with Crippen molar-refractivity contribution in [2.45, 2.75) is 24.5 Å². The molecule has 0 N–H and O–H groups in total. The third-order valence-electron chi connectivity index (χ3n) is 6.05. The summed E-state index contributed by atoms with van der Waals surface area (Å²) in [4.78, 5) is 42.5. The fourth-order valence-corrected chi connectivity index (χ4v) is 4.97. The molecule has 28 heavy (non-hydrogen) atoms. The Morgan fingerprint density at radius 1 is 1.18 bits per heavy atom. The van der Waals surface area contributed by atoms with Gasteiger partial charge in [0.2, 0.25) is 0 Å². The molecule has 3 aliphatic rings. The highest BCUT2D eigenvalue weighted by Crippen LogP contribution is 2.44. The van der Waals surface area contributed by atoms with Gasteiger partial charge in [0.25, 0.3) is 11.6 Å². The number of likely N-dealkylation sites (tertiary alicyclic amines) is 1. The summed E-state index contributed by atoms with van der Waals surface area (Å²) in [6, 6.07) is 8.84. The molecule has 3 fully saturated rings. The number of fused-ring (bicyclic) bond motifs is 6. The summed E-state index contributed by atoms with van der Waals surface area (Å²) in [6.45, 7) is 5.20. The molecule has 0 aromatic heterocycles. The summed E-state index contributed by atoms with van der Waals surface area (Å²) in [6.07, 6.45) is 2.61. The van der Waals surface area contributed by atoms with Crippen molar-refractivity contribution in [3.05, 3.63) is 59.2 Å². The fourth-order valence-electron chi connectivity index (χ4n) is 4.97. The smallest absolute Gasteiger partial charge is 0.306 e. The molecule has 142 valence electrons. The number of nitrogens with zero attached hydrogens (tertiary/aromatic N) is 4. The molecule has 3 unspecified atom stereocenters. The van der Waals surface area contributed by atoms with Gasteiger partial charge in [0.05, 0.1) is 16.0 Å². The Morgan fingerprint density at radius 2 is 1.93 bits per heavy atom. The van der Waals surface area contributed by atoms with E-state index < -0.39 is 11.0 Å². The van der Waals surface area contributed by atoms with Gasteiger partial charge < -0.3 is 4.90 Å². The Kier molecular flexibility index (Phi) is 3.54. The zero-order valence-corrected chi connectivity index (χ0v) is 15.0. The van der Waals surface area contributed by atoms with Gasteiger partial charge in [0.15, 0.2) is 0 Å². The molecule has 5 rings (SSSR count). The highest BCUT2D eigenvalue weighted by atomic mass is 16.6. The minimum absolute atomic E-state index is 0.00578. The van der Waals surface area contributed by atoms with Gasteiger partial charge in [-0.25, -0.2) is 9.69 Å². The maximum atomic E-state index is 13.3. The van der Waals surface area contributed by atoms with Crippen LogP contribution in [0.5, 0.6) is 0 Å². The number of nitro groups is 1. The summed E-state index contributed by atoms with van der Waals surface area (Å²) in [7, 11) is 0. The van der Waals surface area contributed by atoms with E-state index in [2.05, 4.69) is 11.5 Å². The number of hydrogen-bond acceptors (Lipinski definition) is 5. The van der Waals surface area contributed by atoms with Crippen LogP contribution in [0.15, 0.2) is 49.1 Å². The number of imide groups is 1. The van der Waals surface area contributed by atoms with Crippen molar-refractivity contribution in [3.8, 4) is 0 Å². The van der Waals surface area contributed by atoms with Crippen molar-refractivity contribution in [1.82, 2.24) is 9.80 Å². The van der Waals surface area contributed by atoms with Gasteiger partial charge in [-0.2, -0.15) is 0 Å². The molecular formula is C20H18N4O4. The van der Waals surface area contributed by atoms with Crippen LogP contribution in [-0.4, -0.2) is 57.9 Å². The third-order valence-corrected chi connectivity index (χ3v) is 6.05. The Balaban J connectivity index is 1.60. The van der Waals surface area contributed by atoms with Crippen LogP contribution in [-0.2, 0) is 4.79 Å². The molecule has 2 aromatic carbocycles. The lowest BCUT2D eigenvalue weighted by Crippen LogP contribution is -2.53. The van der Waals surface area contributed by atoms with Gasteiger partial charge in [-0.3, -0.25) is 19.8 Å². The number of urea groups is 1. The molecular weight excluding hydrogens is 360 g/mol. The monoisotopic (exact) mass is 378 g/mol. The molecule has 3 atom stereocenters. The molecule has 2 bridgehead atoms. The highest BCUT2D eigenvalue weighted by Gasteiger charge is 2.61. The quantitative estimate of drug-likeness (QED) is 0.353. The first-order valence-corrected chi connectivity index (χ1v) is 9.20. The number of non-ortho nitro benzene ring substituents is 1. The summed E-state index contributed by atoms with van der Waals surface area (Å²) >= 11 is 0. The minimum Gasteiger partial charge on any atom is -0.306 e. The van der Waals surface area contributed by atoms with E-state index in [0.29, 0.717) is 23.0 Å². The average molecular weight is 378 g/mol. The van der Waals surface area contributed by atoms with Crippen LogP contribution in [0.4, 0.5) is 16.2 Å². The van der Waals surface area contributed by atoms with Gasteiger partial charge in [0.1, 0.15) is 6.04 Å². The molecule has 3 heterocycles. The summed E-state index contributed by atoms with van der Waals surface area (Å²) in [5.74, 6) is -0.259. The first kappa shape index (κ1) is 16.9. The Labute approximate surface area is 160 Å². The van der Waals surface area contributed by atoms with Crippen LogP contribution in [0.2, 0.25) is 0 Å². The van der Waals surface area contributed by atoms with Crippen LogP contribution in [0.1, 0.15) is 6.42 Å². The van der Waals surface area contributed by atoms with Gasteiger partial charge >= 0.3 is 6.03 Å². The van der Waals surface area contributed by atoms with Gasteiger partial charge in [-0.15, -0.1) is 6.58 Å². The van der Waals surface area contributed by atoms with Crippen LogP contribution in [0.25, 0.3) is 10.8 Å². The molecule has 3 saturated heterocycles. The number of hydrogen-bond donors (Lipinski definition) is 0. The van der Waals surface area contributed by atoms with E-state index >= 15 is 0 Å². The second kappa shape index (κ2) is 5.87. The Bertz CT molecular complexity index is 1050. The second-order valence-electron chi connectivity index (χ2n) is 7.41. The zero-order chi connectivity index (χ0) is 19.6. The van der Waals surface area contributed by atoms with Crippen LogP contribution in [0.3, 0.4) is 0 Å². The molecule has 0 aliphatic carbocycles. The van der Waals surface area contributed by atoms with Crippen molar-refractivity contribution in [2.75, 3.05) is 18.0 Å². The second-order valence-corrected chi connectivity index (χ2v) is 7.41. The van der Waals surface area contributed by atoms with Crippen molar-refractivity contribution in [3.63, 3.8) is 0 Å². The lowest BCUT2D eigenvalue weighted by atomic mass is 10.0. The molecule has 8 heteroatoms. The molecule has 3 amide bonds. The predicted molar refractivity (Wildman–Crippen MR) is 103 cm³/mol. The number of nitro benzene ring substituents is 1. The highest BCUT2D eigenvalue weighted by molar-refractivity contribution is 6.25. The maximum Gasteiger partial charge on any atom is 0.332 e. The van der Waals surface area contributed by atoms with Gasteiger partial charge in [-0.05, 0) is 18.6 Å². The lowest BCUT2D eigenvalue weighted by Gasteiger charge is -2.34. The average Bonchev–Trinajstić information content (AvgIpc) is 3.33. The van der Waals surface area contributed by atoms with Crippen LogP contribution in [0, 0.1) is 10.1 Å². The van der Waals surface area contributed by atoms with E-state index in [-0.39, 0.29) is 29.7 Å². The summed E-state index contributed by atoms with van der Waals surface area (Å²) < 4.78 is 0. The Hall–Kier alpha value is -3.26. The number of benzene rings is 2. The van der Waals surface area contributed by atoms with Crippen LogP contribution < -0.4 is 4.90 Å². The van der Waals surface area contributed by atoms with E-state index in [1.165, 1.54) is 17.0 Å². The fraction of sp³-hybridized carbons (Fsp3) is 0.300. The van der Waals surface area contributed by atoms with Crippen molar-refractivity contribution in [2.24, 2.45) is 0 Å². The normalized spacial score (nSPS) is 26.4. The molecule has 0 spiro atoms. The van der Waals surface area contributed by atoms with E-state index in [0.717, 1.165) is 13.0 Å². The molecule has 0 saturated carbocycles. The molecule has 2 aromatic rings. The zero-order valence-electron chi connectivity index (χ0n) is 15.0. The maximum absolute atomic E-state index is 13.3. The summed E-state index contributed by atoms with van der Waals surface area (Å²) in [5.41, 5.74) is 0.358. The number of carbonyl (C=O) groups excluding carboxylic acids is 2. The number of amides is 3. The minimum atomic E-state index is -0.500. The SMILES string of the molecule is C=CCN1CC2CC1C1C(=O)N(c3ccc([N+](=O)[O-])c4ccccc34)C(=O)N21. The summed E-state index contributed by atoms with van der Waals surface area (Å²) in [5, 5.41) is 12.3. The lowest BCUT2D eigenvalue weighted by molar-refractivity contribution is -0.383. The first-order chi connectivity index (χ1) is 13.5. The van der Waals surface area contributed by atoms with Crippen LogP contribution >= 0.6 is 0 Å². The number of piperazine rings is 1. The van der Waals surface area contributed by atoms with Crippen molar-refractivity contribution < 1.29 is 14.5 Å². The largest absolute Gasteiger partial charge is 0.332 e. The predicted octanol–water partition coefficient (Wildman–Crippen LogP) is 2.53. The number of carbonyl (C=O) groups is 2. The van der Waals surface area contributed by atoms with E-state index in [1.807, 2.05) is 6.08 Å². The topological polar surface area (TPSA) is 87.0 Å². The van der Waals surface area contributed by atoms with Crippen molar-refractivity contribution >= 4 is 34.1 Å². The standard InChI is InChI=1S/C20H18N4O4/c1-2-9-21-11-12-10-17(21)18-19(25)23(20(26)22(12)18)15-7-8-16(24(27)28)14-6-4-3-5-13(14)15/h2-8,12,17-18H,1,9-11H2. The molecule has 3 aliphatic heterocycles. The molecule has 8 nitrogen and oxygen atoms in total. The first-order valence-electron chi connectivity index (χ1n) is 9.20. The number of anilines is 1. The van der Waals surface area contributed by atoms with Gasteiger partial charge in [0, 0.05) is 36.6 Å².